The van der Waals surface area contributed by atoms with Crippen LogP contribution in [0.3, 0.4) is 0 Å². The van der Waals surface area contributed by atoms with Crippen molar-refractivity contribution >= 4 is 64.3 Å². The van der Waals surface area contributed by atoms with Gasteiger partial charge in [-0.05, 0) is 56.2 Å². The summed E-state index contributed by atoms with van der Waals surface area (Å²) in [7, 11) is 0. The Morgan fingerprint density at radius 2 is 1.67 bits per heavy atom. The number of halogens is 3. The van der Waals surface area contributed by atoms with E-state index < -0.39 is 41.9 Å². The summed E-state index contributed by atoms with van der Waals surface area (Å²) in [6.45, 7) is 5.83. The van der Waals surface area contributed by atoms with Crippen LogP contribution in [-0.4, -0.2) is 69.7 Å². The second-order valence-corrected chi connectivity index (χ2v) is 13.1. The number of carboxylic acid groups (broad SMARTS) is 1. The molecule has 0 bridgehead atoms. The Kier molecular flexibility index (Phi) is 9.62. The van der Waals surface area contributed by atoms with Crippen LogP contribution < -0.4 is 10.1 Å². The summed E-state index contributed by atoms with van der Waals surface area (Å²) in [6, 6.07) is 15.2. The summed E-state index contributed by atoms with van der Waals surface area (Å²) in [5.41, 5.74) is 1.09. The third-order valence-corrected chi connectivity index (χ3v) is 8.54. The molecule has 13 heteroatoms. The number of benzene rings is 3. The van der Waals surface area contributed by atoms with Crippen LogP contribution in [0.5, 0.6) is 5.75 Å². The number of hydrogen-bond acceptors (Lipinski definition) is 6. The van der Waals surface area contributed by atoms with E-state index in [-0.39, 0.29) is 57.8 Å². The number of rotatable bonds is 7. The number of ketones is 1. The highest BCUT2D eigenvalue weighted by atomic mass is 35.5. The molecule has 0 spiro atoms. The number of hydrogen-bond donors (Lipinski definition) is 2. The number of carbonyl (C=O) groups is 4. The normalized spacial score (nSPS) is 18.2. The van der Waals surface area contributed by atoms with Crippen molar-refractivity contribution in [3.63, 3.8) is 0 Å². The van der Waals surface area contributed by atoms with Gasteiger partial charge in [0, 0.05) is 18.7 Å². The molecule has 2 aliphatic rings. The molecule has 10 nitrogen and oxygen atoms in total. The van der Waals surface area contributed by atoms with Gasteiger partial charge in [-0.3, -0.25) is 24.3 Å². The number of aliphatic imine (C=N–C) groups is 1. The van der Waals surface area contributed by atoms with Crippen molar-refractivity contribution in [2.75, 3.05) is 19.6 Å². The zero-order valence-corrected chi connectivity index (χ0v) is 27.5. The minimum Gasteiger partial charge on any atom is -0.487 e. The van der Waals surface area contributed by atoms with Crippen LogP contribution in [0.2, 0.25) is 15.1 Å². The molecule has 3 aromatic carbocycles. The number of Topliss-reactive ketones (excluding diaryl/α,β-unsaturated/α-hetero) is 1. The molecule has 0 aromatic heterocycles. The molecule has 1 saturated heterocycles. The number of carboxylic acids is 1. The van der Waals surface area contributed by atoms with Crippen LogP contribution >= 0.6 is 34.8 Å². The van der Waals surface area contributed by atoms with Gasteiger partial charge < -0.3 is 20.1 Å². The lowest BCUT2D eigenvalue weighted by atomic mass is 9.93. The molecule has 0 radical (unpaired) electrons. The monoisotopic (exact) mass is 684 g/mol. The highest BCUT2D eigenvalue weighted by Crippen LogP contribution is 2.47. The minimum atomic E-state index is -1.26. The fourth-order valence-electron chi connectivity index (χ4n) is 5.42. The molecule has 240 valence electrons. The topological polar surface area (TPSA) is 129 Å². The molecule has 1 fully saturated rings. The molecule has 5 rings (SSSR count). The van der Waals surface area contributed by atoms with Crippen molar-refractivity contribution in [1.29, 1.82) is 0 Å². The lowest BCUT2D eigenvalue weighted by Crippen LogP contribution is -2.55. The van der Waals surface area contributed by atoms with Crippen molar-refractivity contribution in [2.24, 2.45) is 4.99 Å². The van der Waals surface area contributed by atoms with Gasteiger partial charge in [-0.25, -0.2) is 4.79 Å². The predicted octanol–water partition coefficient (Wildman–Crippen LogP) is 6.58. The summed E-state index contributed by atoms with van der Waals surface area (Å²) in [4.78, 5) is 59.1. The summed E-state index contributed by atoms with van der Waals surface area (Å²) in [5, 5.41) is 12.5. The highest BCUT2D eigenvalue weighted by molar-refractivity contribution is 6.48. The van der Waals surface area contributed by atoms with Crippen molar-refractivity contribution < 1.29 is 29.0 Å². The molecule has 2 atom stereocenters. The first-order valence-electron chi connectivity index (χ1n) is 14.4. The zero-order chi connectivity index (χ0) is 33.3. The third kappa shape index (κ3) is 7.14. The third-order valence-electron chi connectivity index (χ3n) is 7.34. The first-order chi connectivity index (χ1) is 21.7. The minimum absolute atomic E-state index is 0.127. The number of carbonyl (C=O) groups excluding carboxylic acids is 3. The van der Waals surface area contributed by atoms with Crippen molar-refractivity contribution in [3.8, 4) is 5.75 Å². The first-order valence-corrected chi connectivity index (χ1v) is 15.6. The van der Waals surface area contributed by atoms with Gasteiger partial charge in [0.25, 0.3) is 0 Å². The molecule has 46 heavy (non-hydrogen) atoms. The standard InChI is InChI=1S/C33H31Cl3N4O6/c1-33(2,3)46-25-15-19(24(41)16-27(43)44)9-10-21(25)31-38-29(18-7-5-4-6-8-18)30(20-13-22(34)28(36)23(35)14-20)40(31)32(45)39-12-11-37-26(42)17-39/h4-10,13-15,29-30H,11-12,16-17H2,1-3H3,(H,37,42)(H,43,44)/t29-,30+/m0/s1. The predicted molar refractivity (Wildman–Crippen MR) is 175 cm³/mol. The average molecular weight is 686 g/mol. The molecule has 2 N–H and O–H groups in total. The number of aliphatic carboxylic acids is 1. The van der Waals surface area contributed by atoms with Gasteiger partial charge >= 0.3 is 12.0 Å². The SMILES string of the molecule is CC(C)(C)Oc1cc(C(=O)CC(=O)O)ccc1C1=N[C@@H](c2ccccc2)[C@@H](c2cc(Cl)c(Cl)c(Cl)c2)N1C(=O)N1CCNC(=O)C1. The van der Waals surface area contributed by atoms with E-state index in [9.17, 15) is 24.3 Å². The van der Waals surface area contributed by atoms with Crippen LogP contribution in [0.15, 0.2) is 65.7 Å². The molecular formula is C33H31Cl3N4O6. The molecule has 2 aliphatic heterocycles. The Labute approximate surface area is 280 Å². The second kappa shape index (κ2) is 13.3. The van der Waals surface area contributed by atoms with E-state index in [4.69, 9.17) is 44.5 Å². The molecule has 3 aromatic rings. The maximum atomic E-state index is 14.6. The summed E-state index contributed by atoms with van der Waals surface area (Å²) in [5.74, 6) is -1.73. The van der Waals surface area contributed by atoms with E-state index in [0.717, 1.165) is 5.56 Å². The van der Waals surface area contributed by atoms with Crippen LogP contribution in [0.25, 0.3) is 0 Å². The summed E-state index contributed by atoms with van der Waals surface area (Å²) < 4.78 is 6.31. The largest absolute Gasteiger partial charge is 0.487 e. The van der Waals surface area contributed by atoms with Crippen molar-refractivity contribution in [2.45, 2.75) is 44.9 Å². The molecule has 0 saturated carbocycles. The summed E-state index contributed by atoms with van der Waals surface area (Å²) >= 11 is 19.3. The first kappa shape index (κ1) is 33.2. The summed E-state index contributed by atoms with van der Waals surface area (Å²) in [6.07, 6.45) is -0.701. The Morgan fingerprint density at radius 1 is 1.00 bits per heavy atom. The number of amides is 3. The van der Waals surface area contributed by atoms with Gasteiger partial charge in [0.15, 0.2) is 5.78 Å². The number of ether oxygens (including phenoxy) is 1. The average Bonchev–Trinajstić information content (AvgIpc) is 3.39. The quantitative estimate of drug-likeness (QED) is 0.164. The van der Waals surface area contributed by atoms with E-state index in [1.807, 2.05) is 51.1 Å². The Bertz CT molecular complexity index is 1720. The number of nitrogens with one attached hydrogen (secondary N) is 1. The zero-order valence-electron chi connectivity index (χ0n) is 25.2. The van der Waals surface area contributed by atoms with Gasteiger partial charge in [-0.15, -0.1) is 0 Å². The number of nitrogens with zero attached hydrogens (tertiary/aromatic N) is 3. The molecule has 3 amide bonds. The fourth-order valence-corrected chi connectivity index (χ4v) is 6.03. The lowest BCUT2D eigenvalue weighted by Gasteiger charge is -2.36. The van der Waals surface area contributed by atoms with E-state index in [0.29, 0.717) is 11.1 Å². The van der Waals surface area contributed by atoms with Crippen LogP contribution in [0, 0.1) is 0 Å². The molecule has 0 unspecified atom stereocenters. The van der Waals surface area contributed by atoms with Gasteiger partial charge in [-0.1, -0.05) is 71.2 Å². The van der Waals surface area contributed by atoms with Gasteiger partial charge in [0.1, 0.15) is 36.2 Å². The van der Waals surface area contributed by atoms with E-state index in [2.05, 4.69) is 5.32 Å². The van der Waals surface area contributed by atoms with Crippen LogP contribution in [0.4, 0.5) is 4.79 Å². The lowest BCUT2D eigenvalue weighted by molar-refractivity contribution is -0.136. The van der Waals surface area contributed by atoms with Gasteiger partial charge in [-0.2, -0.15) is 0 Å². The fraction of sp³-hybridized carbons (Fsp3) is 0.303. The molecule has 2 heterocycles. The van der Waals surface area contributed by atoms with E-state index >= 15 is 0 Å². The van der Waals surface area contributed by atoms with Crippen LogP contribution in [-0.2, 0) is 9.59 Å². The number of amidine groups is 1. The second-order valence-electron chi connectivity index (χ2n) is 11.9. The molecule has 0 aliphatic carbocycles. The Morgan fingerprint density at radius 3 is 2.28 bits per heavy atom. The Hall–Kier alpha value is -4.12. The molecular weight excluding hydrogens is 655 g/mol. The maximum absolute atomic E-state index is 14.6. The number of piperazine rings is 1. The van der Waals surface area contributed by atoms with E-state index in [1.54, 1.807) is 18.2 Å². The smallest absolute Gasteiger partial charge is 0.326 e. The van der Waals surface area contributed by atoms with Crippen LogP contribution in [0.1, 0.15) is 66.3 Å². The van der Waals surface area contributed by atoms with E-state index in [1.165, 1.54) is 21.9 Å². The maximum Gasteiger partial charge on any atom is 0.326 e. The Balaban J connectivity index is 1.75. The van der Waals surface area contributed by atoms with Gasteiger partial charge in [0.2, 0.25) is 5.91 Å². The van der Waals surface area contributed by atoms with Crippen molar-refractivity contribution in [1.82, 2.24) is 15.1 Å². The number of urea groups is 1. The van der Waals surface area contributed by atoms with Crippen molar-refractivity contribution in [3.05, 3.63) is 98.0 Å². The highest BCUT2D eigenvalue weighted by Gasteiger charge is 2.45. The van der Waals surface area contributed by atoms with Gasteiger partial charge in [0.05, 0.1) is 26.7 Å².